The summed E-state index contributed by atoms with van der Waals surface area (Å²) in [5.41, 5.74) is -0.155. The van der Waals surface area contributed by atoms with Gasteiger partial charge in [-0.1, -0.05) is 0 Å². The number of hydrogen-bond donors (Lipinski definition) is 2. The van der Waals surface area contributed by atoms with Gasteiger partial charge in [-0.3, -0.25) is 19.8 Å². The lowest BCUT2D eigenvalue weighted by molar-refractivity contribution is -0.146. The van der Waals surface area contributed by atoms with Crippen molar-refractivity contribution in [2.45, 2.75) is 75.6 Å². The van der Waals surface area contributed by atoms with Crippen LogP contribution < -0.4 is 14.8 Å². The summed E-state index contributed by atoms with van der Waals surface area (Å²) in [5.74, 6) is -3.75. The third-order valence-corrected chi connectivity index (χ3v) is 8.54. The summed E-state index contributed by atoms with van der Waals surface area (Å²) in [5, 5.41) is 2.15. The van der Waals surface area contributed by atoms with Crippen molar-refractivity contribution in [1.29, 1.82) is 0 Å². The Hall–Kier alpha value is -2.32. The summed E-state index contributed by atoms with van der Waals surface area (Å²) >= 11 is -1.83. The zero-order chi connectivity index (χ0) is 28.3. The van der Waals surface area contributed by atoms with Crippen LogP contribution in [-0.4, -0.2) is 76.8 Å². The second-order valence-electron chi connectivity index (χ2n) is 10.9. The molecule has 3 fully saturated rings. The maximum Gasteiger partial charge on any atom is 0.331 e. The fraction of sp³-hybridized carbons (Fsp3) is 0.654. The number of alkyl halides is 1. The molecule has 39 heavy (non-hydrogen) atoms. The number of carbonyl (C=O) groups excluding carboxylic acids is 3. The van der Waals surface area contributed by atoms with Crippen molar-refractivity contribution in [3.05, 3.63) is 29.6 Å². The standard InChI is InChI=1S/C26H35F2N3O7S/c1-26(2,3)39(35)30-22(18-12-16(4-5-20(18)27)38-17-8-11-37-14-17)21(28)13-19-23(32)29-25(34)31(24(19)33)15-6-9-36-10-7-15/h4-5,12,15,17,19,21-22,30H,6-11,13-14H2,1-3H3,(H,29,32,34)/t17-,19?,21?,22?,39?/m0/s1. The molecule has 10 nitrogen and oxygen atoms in total. The molecule has 0 spiro atoms. The lowest BCUT2D eigenvalue weighted by Crippen LogP contribution is -2.62. The first kappa shape index (κ1) is 29.7. The van der Waals surface area contributed by atoms with Gasteiger partial charge in [0.05, 0.1) is 13.2 Å². The van der Waals surface area contributed by atoms with E-state index in [9.17, 15) is 18.9 Å². The van der Waals surface area contributed by atoms with Crippen molar-refractivity contribution in [1.82, 2.24) is 14.9 Å². The van der Waals surface area contributed by atoms with E-state index in [-0.39, 0.29) is 17.4 Å². The Labute approximate surface area is 229 Å². The SMILES string of the molecule is CC(C)(C)[S+]([O-])NC(c1cc(O[C@H]2CCOC2)ccc1F)C(F)CC1C(=O)NC(=O)N(C2CCOCC2)C1=O. The van der Waals surface area contributed by atoms with E-state index in [1.807, 2.05) is 0 Å². The maximum absolute atomic E-state index is 16.1. The lowest BCUT2D eigenvalue weighted by Gasteiger charge is -2.38. The molecule has 4 unspecified atom stereocenters. The van der Waals surface area contributed by atoms with Gasteiger partial charge in [-0.2, -0.15) is 0 Å². The van der Waals surface area contributed by atoms with Gasteiger partial charge in [0.25, 0.3) is 0 Å². The number of nitrogens with zero attached hydrogens (tertiary/aromatic N) is 1. The molecule has 3 aliphatic rings. The third kappa shape index (κ3) is 7.07. The fourth-order valence-electron chi connectivity index (χ4n) is 4.75. The molecule has 0 aromatic heterocycles. The molecule has 13 heteroatoms. The largest absolute Gasteiger partial charge is 0.598 e. The highest BCUT2D eigenvalue weighted by Gasteiger charge is 2.46. The molecule has 4 amide bonds. The van der Waals surface area contributed by atoms with Crippen LogP contribution in [0.5, 0.6) is 5.75 Å². The van der Waals surface area contributed by atoms with E-state index < -0.39 is 70.4 Å². The van der Waals surface area contributed by atoms with Crippen molar-refractivity contribution < 1.29 is 41.9 Å². The number of ether oxygens (including phenoxy) is 3. The molecule has 3 aliphatic heterocycles. The molecular weight excluding hydrogens is 536 g/mol. The van der Waals surface area contributed by atoms with Gasteiger partial charge in [0.15, 0.2) is 0 Å². The van der Waals surface area contributed by atoms with E-state index in [0.29, 0.717) is 45.7 Å². The molecular formula is C26H35F2N3O7S. The minimum atomic E-state index is -2.03. The van der Waals surface area contributed by atoms with E-state index >= 15 is 8.78 Å². The number of barbiturate groups is 1. The Balaban J connectivity index is 1.59. The smallest absolute Gasteiger partial charge is 0.331 e. The summed E-state index contributed by atoms with van der Waals surface area (Å²) < 4.78 is 62.6. The van der Waals surface area contributed by atoms with Crippen molar-refractivity contribution >= 4 is 29.2 Å². The number of urea groups is 1. The third-order valence-electron chi connectivity index (χ3n) is 6.96. The topological polar surface area (TPSA) is 129 Å². The fourth-order valence-corrected chi connectivity index (χ4v) is 5.61. The van der Waals surface area contributed by atoms with Gasteiger partial charge in [0.1, 0.15) is 40.5 Å². The highest BCUT2D eigenvalue weighted by Crippen LogP contribution is 2.34. The number of imide groups is 2. The Morgan fingerprint density at radius 2 is 1.87 bits per heavy atom. The van der Waals surface area contributed by atoms with Crippen LogP contribution in [0.1, 0.15) is 58.1 Å². The van der Waals surface area contributed by atoms with Gasteiger partial charge in [0.2, 0.25) is 11.8 Å². The van der Waals surface area contributed by atoms with Gasteiger partial charge >= 0.3 is 6.03 Å². The Bertz CT molecular complexity index is 1060. The maximum atomic E-state index is 16.1. The first-order valence-corrected chi connectivity index (χ1v) is 14.2. The molecule has 216 valence electrons. The number of rotatable bonds is 9. The Morgan fingerprint density at radius 1 is 1.18 bits per heavy atom. The van der Waals surface area contributed by atoms with E-state index in [4.69, 9.17) is 14.2 Å². The van der Waals surface area contributed by atoms with Crippen LogP contribution in [-0.2, 0) is 30.4 Å². The van der Waals surface area contributed by atoms with Crippen molar-refractivity contribution in [2.75, 3.05) is 26.4 Å². The molecule has 0 bridgehead atoms. The molecule has 0 saturated carbocycles. The first-order valence-electron chi connectivity index (χ1n) is 13.1. The van der Waals surface area contributed by atoms with Gasteiger partial charge < -0.3 is 18.8 Å². The molecule has 4 rings (SSSR count). The average molecular weight is 572 g/mol. The number of carbonyl (C=O) groups is 3. The normalized spacial score (nSPS) is 25.4. The van der Waals surface area contributed by atoms with Crippen LogP contribution in [0, 0.1) is 11.7 Å². The number of benzene rings is 1. The lowest BCUT2D eigenvalue weighted by atomic mass is 9.90. The predicted octanol–water partition coefficient (Wildman–Crippen LogP) is 2.69. The van der Waals surface area contributed by atoms with Gasteiger partial charge in [-0.15, -0.1) is 4.72 Å². The van der Waals surface area contributed by atoms with E-state index in [2.05, 4.69) is 10.0 Å². The molecule has 0 radical (unpaired) electrons. The molecule has 5 atom stereocenters. The summed E-state index contributed by atoms with van der Waals surface area (Å²) in [6.07, 6.45) is -1.47. The number of hydrogen-bond acceptors (Lipinski definition) is 8. The van der Waals surface area contributed by atoms with Crippen LogP contribution in [0.4, 0.5) is 13.6 Å². The summed E-state index contributed by atoms with van der Waals surface area (Å²) in [7, 11) is 0. The summed E-state index contributed by atoms with van der Waals surface area (Å²) in [6, 6.07) is 1.07. The Morgan fingerprint density at radius 3 is 2.51 bits per heavy atom. The van der Waals surface area contributed by atoms with E-state index in [1.165, 1.54) is 12.1 Å². The van der Waals surface area contributed by atoms with Crippen LogP contribution >= 0.6 is 0 Å². The molecule has 3 heterocycles. The monoisotopic (exact) mass is 571 g/mol. The molecule has 1 aromatic carbocycles. The van der Waals surface area contributed by atoms with E-state index in [1.54, 1.807) is 20.8 Å². The minimum Gasteiger partial charge on any atom is -0.598 e. The van der Waals surface area contributed by atoms with Gasteiger partial charge in [0, 0.05) is 49.0 Å². The van der Waals surface area contributed by atoms with Crippen molar-refractivity contribution in [2.24, 2.45) is 5.92 Å². The molecule has 1 aromatic rings. The van der Waals surface area contributed by atoms with Crippen molar-refractivity contribution in [3.8, 4) is 5.75 Å². The Kier molecular flexibility index (Phi) is 9.48. The number of nitrogens with one attached hydrogen (secondary N) is 2. The van der Waals surface area contributed by atoms with Gasteiger partial charge in [-0.05, 0) is 51.8 Å². The van der Waals surface area contributed by atoms with E-state index in [0.717, 1.165) is 11.0 Å². The summed E-state index contributed by atoms with van der Waals surface area (Å²) in [4.78, 5) is 39.4. The van der Waals surface area contributed by atoms with Crippen LogP contribution in [0.3, 0.4) is 0 Å². The van der Waals surface area contributed by atoms with Gasteiger partial charge in [-0.25, -0.2) is 13.6 Å². The number of halogens is 2. The second-order valence-corrected chi connectivity index (χ2v) is 12.9. The van der Waals surface area contributed by atoms with Crippen LogP contribution in [0.15, 0.2) is 18.2 Å². The quantitative estimate of drug-likeness (QED) is 0.342. The zero-order valence-electron chi connectivity index (χ0n) is 22.2. The minimum absolute atomic E-state index is 0.155. The second kappa shape index (κ2) is 12.5. The molecule has 0 aliphatic carbocycles. The zero-order valence-corrected chi connectivity index (χ0v) is 23.1. The summed E-state index contributed by atoms with van der Waals surface area (Å²) in [6.45, 7) is 6.62. The molecule has 3 saturated heterocycles. The van der Waals surface area contributed by atoms with Crippen LogP contribution in [0.25, 0.3) is 0 Å². The molecule has 2 N–H and O–H groups in total. The average Bonchev–Trinajstić information content (AvgIpc) is 3.39. The predicted molar refractivity (Wildman–Crippen MR) is 137 cm³/mol. The highest BCUT2D eigenvalue weighted by molar-refractivity contribution is 7.90. The number of amides is 4. The first-order chi connectivity index (χ1) is 18.5. The van der Waals surface area contributed by atoms with Crippen molar-refractivity contribution in [3.63, 3.8) is 0 Å². The van der Waals surface area contributed by atoms with Crippen LogP contribution in [0.2, 0.25) is 0 Å². The highest BCUT2D eigenvalue weighted by atomic mass is 32.2.